The first-order valence-corrected chi connectivity index (χ1v) is 10.2. The Hall–Kier alpha value is -0.830. The van der Waals surface area contributed by atoms with Crippen LogP contribution in [-0.2, 0) is 4.79 Å². The zero-order valence-electron chi connectivity index (χ0n) is 16.5. The number of fused-ring (bicyclic) bond motifs is 3. The average Bonchev–Trinajstić information content (AvgIpc) is 2.63. The van der Waals surface area contributed by atoms with Crippen LogP contribution in [0.5, 0.6) is 0 Å². The van der Waals surface area contributed by atoms with Gasteiger partial charge in [0, 0.05) is 0 Å². The highest BCUT2D eigenvalue weighted by molar-refractivity contribution is 5.75. The maximum Gasteiger partial charge on any atom is 0.309 e. The van der Waals surface area contributed by atoms with Crippen molar-refractivity contribution in [3.63, 3.8) is 0 Å². The van der Waals surface area contributed by atoms with Crippen molar-refractivity contribution in [1.82, 2.24) is 0 Å². The molecule has 3 nitrogen and oxygen atoms in total. The largest absolute Gasteiger partial charge is 0.481 e. The Balaban J connectivity index is 2.06. The summed E-state index contributed by atoms with van der Waals surface area (Å²) in [6.45, 7) is 12.8. The van der Waals surface area contributed by atoms with Gasteiger partial charge in [-0.25, -0.2) is 0 Å². The molecule has 0 aromatic carbocycles. The van der Waals surface area contributed by atoms with Crippen LogP contribution in [0.1, 0.15) is 85.5 Å². The lowest BCUT2D eigenvalue weighted by Crippen LogP contribution is -2.57. The third kappa shape index (κ3) is 2.60. The third-order valence-corrected chi connectivity index (χ3v) is 8.88. The second-order valence-electron chi connectivity index (χ2n) is 10.0. The molecular weight excluding hydrogens is 312 g/mol. The second kappa shape index (κ2) is 5.84. The number of carboxylic acids is 1. The fourth-order valence-corrected chi connectivity index (χ4v) is 7.15. The molecule has 0 saturated heterocycles. The van der Waals surface area contributed by atoms with Crippen molar-refractivity contribution in [2.24, 2.45) is 28.1 Å². The number of rotatable bonds is 2. The molecule has 1 unspecified atom stereocenters. The van der Waals surface area contributed by atoms with Crippen molar-refractivity contribution in [3.8, 4) is 0 Å². The summed E-state index contributed by atoms with van der Waals surface area (Å²) in [6, 6.07) is 0. The maximum atomic E-state index is 12.2. The average molecular weight is 349 g/mol. The Morgan fingerprint density at radius 1 is 1.12 bits per heavy atom. The molecule has 0 heterocycles. The van der Waals surface area contributed by atoms with E-state index in [1.54, 1.807) is 0 Å². The van der Waals surface area contributed by atoms with Crippen molar-refractivity contribution < 1.29 is 15.0 Å². The smallest absolute Gasteiger partial charge is 0.309 e. The van der Waals surface area contributed by atoms with E-state index in [2.05, 4.69) is 20.4 Å². The summed E-state index contributed by atoms with van der Waals surface area (Å²) in [7, 11) is 0. The molecule has 3 rings (SSSR count). The van der Waals surface area contributed by atoms with Crippen LogP contribution in [-0.4, -0.2) is 21.8 Å². The van der Waals surface area contributed by atoms with Crippen LogP contribution in [0, 0.1) is 28.1 Å². The highest BCUT2D eigenvalue weighted by Gasteiger charge is 2.62. The molecule has 0 radical (unpaired) electrons. The molecule has 0 aliphatic heterocycles. The molecule has 0 spiro atoms. The molecule has 142 valence electrons. The first-order valence-electron chi connectivity index (χ1n) is 10.2. The van der Waals surface area contributed by atoms with Crippen molar-refractivity contribution in [3.05, 3.63) is 12.2 Å². The standard InChI is InChI=1S/C22H36O3/c1-6-22-13-9-16-19(3,10-7-11-20(16,4)18(23)24)17(22)8-12-21(5,25)15(2)14-22/h16-17,25H,2,6-14H2,1,3-5H3,(H,23,24)/t16-,17-,19+,20+,21?,22+/m0/s1. The van der Waals surface area contributed by atoms with E-state index in [4.69, 9.17) is 0 Å². The normalized spacial score (nSPS) is 50.5. The first kappa shape index (κ1) is 18.9. The van der Waals surface area contributed by atoms with Crippen LogP contribution in [0.4, 0.5) is 0 Å². The Labute approximate surface area is 152 Å². The van der Waals surface area contributed by atoms with Gasteiger partial charge in [-0.15, -0.1) is 0 Å². The van der Waals surface area contributed by atoms with Gasteiger partial charge in [-0.05, 0) is 93.5 Å². The van der Waals surface area contributed by atoms with Crippen molar-refractivity contribution in [1.29, 1.82) is 0 Å². The summed E-state index contributed by atoms with van der Waals surface area (Å²) < 4.78 is 0. The van der Waals surface area contributed by atoms with Gasteiger partial charge in [0.1, 0.15) is 0 Å². The SMILES string of the molecule is C=C1C[C@@]2(CC)CC[C@H]3[C@@](C)(CCC[C@@]3(C)C(=O)O)[C@@H]2CCC1(C)O. The monoisotopic (exact) mass is 348 g/mol. The second-order valence-corrected chi connectivity index (χ2v) is 10.0. The lowest BCUT2D eigenvalue weighted by molar-refractivity contribution is -0.178. The zero-order valence-corrected chi connectivity index (χ0v) is 16.5. The lowest BCUT2D eigenvalue weighted by atomic mass is 9.41. The highest BCUT2D eigenvalue weighted by atomic mass is 16.4. The Morgan fingerprint density at radius 3 is 2.36 bits per heavy atom. The number of carboxylic acid groups (broad SMARTS) is 1. The number of aliphatic carboxylic acids is 1. The molecule has 3 fully saturated rings. The van der Waals surface area contributed by atoms with Gasteiger partial charge in [-0.1, -0.05) is 26.8 Å². The van der Waals surface area contributed by atoms with E-state index in [-0.39, 0.29) is 16.7 Å². The van der Waals surface area contributed by atoms with E-state index >= 15 is 0 Å². The van der Waals surface area contributed by atoms with Crippen molar-refractivity contribution >= 4 is 5.97 Å². The van der Waals surface area contributed by atoms with E-state index in [1.807, 2.05) is 13.8 Å². The summed E-state index contributed by atoms with van der Waals surface area (Å²) >= 11 is 0. The minimum atomic E-state index is -0.782. The van der Waals surface area contributed by atoms with Crippen LogP contribution >= 0.6 is 0 Å². The van der Waals surface area contributed by atoms with Gasteiger partial charge in [-0.3, -0.25) is 4.79 Å². The minimum Gasteiger partial charge on any atom is -0.481 e. The third-order valence-electron chi connectivity index (χ3n) is 8.88. The van der Waals surface area contributed by atoms with Crippen LogP contribution in [0.15, 0.2) is 12.2 Å². The van der Waals surface area contributed by atoms with Gasteiger partial charge in [0.15, 0.2) is 0 Å². The Kier molecular flexibility index (Phi) is 4.42. The molecule has 25 heavy (non-hydrogen) atoms. The number of hydrogen-bond donors (Lipinski definition) is 2. The predicted octanol–water partition coefficient (Wildman–Crippen LogP) is 5.18. The molecule has 3 saturated carbocycles. The molecule has 3 aliphatic carbocycles. The molecule has 0 bridgehead atoms. The molecule has 3 aliphatic rings. The van der Waals surface area contributed by atoms with Crippen molar-refractivity contribution in [2.45, 2.75) is 91.1 Å². The Bertz CT molecular complexity index is 580. The summed E-state index contributed by atoms with van der Waals surface area (Å²) in [4.78, 5) is 12.2. The summed E-state index contributed by atoms with van der Waals surface area (Å²) in [5.74, 6) is 0.109. The lowest BCUT2D eigenvalue weighted by Gasteiger charge is -2.62. The summed E-state index contributed by atoms with van der Waals surface area (Å²) in [5, 5.41) is 20.9. The van der Waals surface area contributed by atoms with Crippen LogP contribution in [0.25, 0.3) is 0 Å². The summed E-state index contributed by atoms with van der Waals surface area (Å²) in [6.07, 6.45) is 8.74. The number of hydrogen-bond acceptors (Lipinski definition) is 2. The fourth-order valence-electron chi connectivity index (χ4n) is 7.15. The van der Waals surface area contributed by atoms with E-state index in [0.29, 0.717) is 5.92 Å². The quantitative estimate of drug-likeness (QED) is 0.676. The van der Waals surface area contributed by atoms with Gasteiger partial charge in [0.25, 0.3) is 0 Å². The predicted molar refractivity (Wildman–Crippen MR) is 100 cm³/mol. The molecule has 2 N–H and O–H groups in total. The molecular formula is C22H36O3. The molecule has 0 amide bonds. The number of aliphatic hydroxyl groups is 1. The van der Waals surface area contributed by atoms with Crippen molar-refractivity contribution in [2.75, 3.05) is 0 Å². The van der Waals surface area contributed by atoms with Crippen LogP contribution in [0.3, 0.4) is 0 Å². The van der Waals surface area contributed by atoms with E-state index in [9.17, 15) is 15.0 Å². The Morgan fingerprint density at radius 2 is 1.76 bits per heavy atom. The number of carbonyl (C=O) groups is 1. The van der Waals surface area contributed by atoms with Crippen LogP contribution < -0.4 is 0 Å². The molecule has 0 aromatic heterocycles. The first-order chi connectivity index (χ1) is 11.5. The molecule has 3 heteroatoms. The van der Waals surface area contributed by atoms with Gasteiger partial charge in [-0.2, -0.15) is 0 Å². The fraction of sp³-hybridized carbons (Fsp3) is 0.864. The van der Waals surface area contributed by atoms with Gasteiger partial charge < -0.3 is 10.2 Å². The van der Waals surface area contributed by atoms with E-state index in [0.717, 1.165) is 63.4 Å². The van der Waals surface area contributed by atoms with Gasteiger partial charge in [0.05, 0.1) is 11.0 Å². The zero-order chi connectivity index (χ0) is 18.7. The minimum absolute atomic E-state index is 0.0559. The maximum absolute atomic E-state index is 12.2. The highest BCUT2D eigenvalue weighted by Crippen LogP contribution is 2.68. The molecule has 6 atom stereocenters. The molecule has 0 aromatic rings. The topological polar surface area (TPSA) is 57.5 Å². The van der Waals surface area contributed by atoms with Gasteiger partial charge >= 0.3 is 5.97 Å². The van der Waals surface area contributed by atoms with Gasteiger partial charge in [0.2, 0.25) is 0 Å². The van der Waals surface area contributed by atoms with Crippen LogP contribution in [0.2, 0.25) is 0 Å². The van der Waals surface area contributed by atoms with E-state index in [1.165, 1.54) is 0 Å². The summed E-state index contributed by atoms with van der Waals surface area (Å²) in [5.41, 5.74) is -0.162. The van der Waals surface area contributed by atoms with E-state index < -0.39 is 17.0 Å².